The fourth-order valence-electron chi connectivity index (χ4n) is 1.39. The average molecular weight is 221 g/mol. The van der Waals surface area contributed by atoms with Crippen LogP contribution in [0, 0.1) is 0 Å². The summed E-state index contributed by atoms with van der Waals surface area (Å²) in [5.74, 6) is 0. The maximum Gasteiger partial charge on any atom is 0.0726 e. The zero-order chi connectivity index (χ0) is 9.80. The second-order valence-electron chi connectivity index (χ2n) is 3.14. The van der Waals surface area contributed by atoms with Crippen LogP contribution in [0.3, 0.4) is 0 Å². The minimum absolute atomic E-state index is 0. The van der Waals surface area contributed by atoms with Crippen LogP contribution >= 0.6 is 12.4 Å². The molecule has 0 fully saturated rings. The Kier molecular flexibility index (Phi) is 4.28. The van der Waals surface area contributed by atoms with E-state index in [1.54, 1.807) is 6.20 Å². The van der Waals surface area contributed by atoms with E-state index in [-0.39, 0.29) is 18.4 Å². The lowest BCUT2D eigenvalue weighted by Gasteiger charge is -2.10. The molecule has 1 atom stereocenters. The first-order valence-corrected chi connectivity index (χ1v) is 4.59. The van der Waals surface area contributed by atoms with Gasteiger partial charge in [-0.1, -0.05) is 36.4 Å². The van der Waals surface area contributed by atoms with E-state index >= 15 is 0 Å². The van der Waals surface area contributed by atoms with E-state index in [0.29, 0.717) is 0 Å². The SMILES string of the molecule is Cl.N[C@H](c1ccccc1)c1ccccn1. The quantitative estimate of drug-likeness (QED) is 0.845. The lowest BCUT2D eigenvalue weighted by atomic mass is 10.0. The number of halogens is 1. The first-order valence-electron chi connectivity index (χ1n) is 4.59. The molecule has 0 saturated carbocycles. The summed E-state index contributed by atoms with van der Waals surface area (Å²) in [5, 5.41) is 0. The van der Waals surface area contributed by atoms with Crippen LogP contribution in [-0.4, -0.2) is 4.98 Å². The summed E-state index contributed by atoms with van der Waals surface area (Å²) >= 11 is 0. The molecular weight excluding hydrogens is 208 g/mol. The molecule has 0 unspecified atom stereocenters. The predicted octanol–water partition coefficient (Wildman–Crippen LogP) is 2.55. The molecule has 0 radical (unpaired) electrons. The Morgan fingerprint density at radius 2 is 1.60 bits per heavy atom. The van der Waals surface area contributed by atoms with Gasteiger partial charge in [0.25, 0.3) is 0 Å². The molecule has 78 valence electrons. The van der Waals surface area contributed by atoms with E-state index in [0.717, 1.165) is 11.3 Å². The topological polar surface area (TPSA) is 38.9 Å². The molecule has 1 heterocycles. The van der Waals surface area contributed by atoms with Gasteiger partial charge in [-0.05, 0) is 17.7 Å². The number of pyridine rings is 1. The summed E-state index contributed by atoms with van der Waals surface area (Å²) in [6, 6.07) is 15.6. The van der Waals surface area contributed by atoms with Crippen molar-refractivity contribution in [1.82, 2.24) is 4.98 Å². The van der Waals surface area contributed by atoms with Gasteiger partial charge in [-0.25, -0.2) is 0 Å². The molecule has 2 nitrogen and oxygen atoms in total. The van der Waals surface area contributed by atoms with Crippen LogP contribution in [0.4, 0.5) is 0 Å². The van der Waals surface area contributed by atoms with Gasteiger partial charge in [0.15, 0.2) is 0 Å². The molecule has 1 aromatic heterocycles. The third kappa shape index (κ3) is 2.78. The molecule has 3 heteroatoms. The molecule has 0 spiro atoms. The van der Waals surface area contributed by atoms with E-state index < -0.39 is 0 Å². The van der Waals surface area contributed by atoms with Crippen LogP contribution in [0.5, 0.6) is 0 Å². The first-order chi connectivity index (χ1) is 6.88. The number of nitrogens with zero attached hydrogens (tertiary/aromatic N) is 1. The molecule has 1 aromatic carbocycles. The Bertz CT molecular complexity index is 349. The van der Waals surface area contributed by atoms with Crippen molar-refractivity contribution in [2.75, 3.05) is 0 Å². The van der Waals surface area contributed by atoms with E-state index in [4.69, 9.17) is 5.73 Å². The second kappa shape index (κ2) is 5.49. The van der Waals surface area contributed by atoms with Crippen molar-refractivity contribution in [3.05, 3.63) is 66.0 Å². The van der Waals surface area contributed by atoms with E-state index in [9.17, 15) is 0 Å². The van der Waals surface area contributed by atoms with Crippen molar-refractivity contribution in [3.63, 3.8) is 0 Å². The zero-order valence-electron chi connectivity index (χ0n) is 8.21. The Labute approximate surface area is 95.6 Å². The van der Waals surface area contributed by atoms with Gasteiger partial charge in [0.1, 0.15) is 0 Å². The van der Waals surface area contributed by atoms with Gasteiger partial charge < -0.3 is 5.73 Å². The molecule has 0 aliphatic carbocycles. The molecule has 0 amide bonds. The number of nitrogens with two attached hydrogens (primary N) is 1. The number of benzene rings is 1. The molecule has 0 bridgehead atoms. The van der Waals surface area contributed by atoms with Crippen LogP contribution in [0.2, 0.25) is 0 Å². The summed E-state index contributed by atoms with van der Waals surface area (Å²) in [6.45, 7) is 0. The Morgan fingerprint density at radius 1 is 0.933 bits per heavy atom. The second-order valence-corrected chi connectivity index (χ2v) is 3.14. The van der Waals surface area contributed by atoms with Gasteiger partial charge in [-0.3, -0.25) is 4.98 Å². The smallest absolute Gasteiger partial charge is 0.0726 e. The summed E-state index contributed by atoms with van der Waals surface area (Å²) < 4.78 is 0. The zero-order valence-corrected chi connectivity index (χ0v) is 9.02. The normalized spacial score (nSPS) is 11.5. The Balaban J connectivity index is 0.00000112. The molecule has 2 aromatic rings. The summed E-state index contributed by atoms with van der Waals surface area (Å²) in [4.78, 5) is 4.23. The Hall–Kier alpha value is -1.38. The van der Waals surface area contributed by atoms with Crippen molar-refractivity contribution < 1.29 is 0 Å². The highest BCUT2D eigenvalue weighted by atomic mass is 35.5. The van der Waals surface area contributed by atoms with Crippen molar-refractivity contribution in [1.29, 1.82) is 0 Å². The van der Waals surface area contributed by atoms with Gasteiger partial charge in [0, 0.05) is 6.20 Å². The van der Waals surface area contributed by atoms with Crippen molar-refractivity contribution in [2.45, 2.75) is 6.04 Å². The molecule has 2 rings (SSSR count). The molecule has 0 aliphatic rings. The van der Waals surface area contributed by atoms with Crippen molar-refractivity contribution in [2.24, 2.45) is 5.73 Å². The maximum absolute atomic E-state index is 6.05. The van der Waals surface area contributed by atoms with Crippen LogP contribution in [-0.2, 0) is 0 Å². The fourth-order valence-corrected chi connectivity index (χ4v) is 1.39. The third-order valence-corrected chi connectivity index (χ3v) is 2.17. The summed E-state index contributed by atoms with van der Waals surface area (Å²) in [5.41, 5.74) is 8.04. The lowest BCUT2D eigenvalue weighted by Crippen LogP contribution is -2.12. The monoisotopic (exact) mass is 220 g/mol. The highest BCUT2D eigenvalue weighted by Gasteiger charge is 2.07. The van der Waals surface area contributed by atoms with Gasteiger partial charge in [0.2, 0.25) is 0 Å². The molecule has 2 N–H and O–H groups in total. The third-order valence-electron chi connectivity index (χ3n) is 2.17. The Morgan fingerprint density at radius 3 is 2.20 bits per heavy atom. The summed E-state index contributed by atoms with van der Waals surface area (Å²) in [7, 11) is 0. The van der Waals surface area contributed by atoms with Gasteiger partial charge in [0.05, 0.1) is 11.7 Å². The van der Waals surface area contributed by atoms with E-state index in [1.807, 2.05) is 48.5 Å². The van der Waals surface area contributed by atoms with E-state index in [2.05, 4.69) is 4.98 Å². The van der Waals surface area contributed by atoms with Crippen LogP contribution in [0.25, 0.3) is 0 Å². The number of hydrogen-bond donors (Lipinski definition) is 1. The van der Waals surface area contributed by atoms with Gasteiger partial charge >= 0.3 is 0 Å². The predicted molar refractivity (Wildman–Crippen MR) is 64.0 cm³/mol. The van der Waals surface area contributed by atoms with Gasteiger partial charge in [-0.15, -0.1) is 12.4 Å². The fraction of sp³-hybridized carbons (Fsp3) is 0.0833. The standard InChI is InChI=1S/C12H12N2.ClH/c13-12(10-6-2-1-3-7-10)11-8-4-5-9-14-11;/h1-9,12H,13H2;1H/t12-;/m1./s1. The highest BCUT2D eigenvalue weighted by Crippen LogP contribution is 2.16. The maximum atomic E-state index is 6.05. The molecule has 0 saturated heterocycles. The highest BCUT2D eigenvalue weighted by molar-refractivity contribution is 5.85. The van der Waals surface area contributed by atoms with Crippen molar-refractivity contribution >= 4 is 12.4 Å². The van der Waals surface area contributed by atoms with Crippen molar-refractivity contribution in [3.8, 4) is 0 Å². The van der Waals surface area contributed by atoms with Crippen LogP contribution in [0.1, 0.15) is 17.3 Å². The minimum atomic E-state index is -0.127. The number of rotatable bonds is 2. The van der Waals surface area contributed by atoms with Crippen LogP contribution < -0.4 is 5.73 Å². The molecular formula is C12H13ClN2. The number of aromatic nitrogens is 1. The summed E-state index contributed by atoms with van der Waals surface area (Å²) in [6.07, 6.45) is 1.76. The largest absolute Gasteiger partial charge is 0.319 e. The number of hydrogen-bond acceptors (Lipinski definition) is 2. The molecule has 15 heavy (non-hydrogen) atoms. The van der Waals surface area contributed by atoms with Crippen LogP contribution in [0.15, 0.2) is 54.7 Å². The first kappa shape index (κ1) is 11.7. The lowest BCUT2D eigenvalue weighted by molar-refractivity contribution is 0.829. The minimum Gasteiger partial charge on any atom is -0.319 e. The van der Waals surface area contributed by atoms with E-state index in [1.165, 1.54) is 0 Å². The molecule has 0 aliphatic heterocycles. The van der Waals surface area contributed by atoms with Gasteiger partial charge in [-0.2, -0.15) is 0 Å². The average Bonchev–Trinajstić information content (AvgIpc) is 2.30.